The monoisotopic (exact) mass is 225 g/mol. The summed E-state index contributed by atoms with van der Waals surface area (Å²) in [6.07, 6.45) is 1.27. The van der Waals surface area contributed by atoms with Crippen LogP contribution in [0.3, 0.4) is 0 Å². The zero-order chi connectivity index (χ0) is 10.8. The Morgan fingerprint density at radius 2 is 2.27 bits per heavy atom. The Morgan fingerprint density at radius 3 is 3.00 bits per heavy atom. The van der Waals surface area contributed by atoms with E-state index in [1.54, 1.807) is 12.1 Å². The fraction of sp³-hybridized carbons (Fsp3) is 0.182. The Bertz CT molecular complexity index is 481. The minimum absolute atomic E-state index is 0.208. The van der Waals surface area contributed by atoms with E-state index in [1.165, 1.54) is 12.5 Å². The largest absolute Gasteiger partial charge is 0.443 e. The summed E-state index contributed by atoms with van der Waals surface area (Å²) < 4.78 is 18.7. The van der Waals surface area contributed by atoms with E-state index in [0.717, 1.165) is 5.56 Å². The van der Waals surface area contributed by atoms with Crippen molar-refractivity contribution in [3.63, 3.8) is 0 Å². The second kappa shape index (κ2) is 4.03. The third kappa shape index (κ3) is 1.88. The molecule has 0 aliphatic rings. The van der Waals surface area contributed by atoms with Gasteiger partial charge >= 0.3 is 0 Å². The standard InChI is InChI=1S/C11H9ClFNO/c1-7-2-3-9(13)8(4-7)11-10(5-12)14-6-15-11/h2-4,6H,5H2,1H3. The summed E-state index contributed by atoms with van der Waals surface area (Å²) in [6.45, 7) is 1.89. The molecule has 0 aliphatic heterocycles. The van der Waals surface area contributed by atoms with Crippen LogP contribution in [-0.4, -0.2) is 4.98 Å². The maximum atomic E-state index is 13.5. The van der Waals surface area contributed by atoms with Gasteiger partial charge in [0.1, 0.15) is 11.5 Å². The van der Waals surface area contributed by atoms with Gasteiger partial charge in [0, 0.05) is 0 Å². The van der Waals surface area contributed by atoms with Gasteiger partial charge in [-0.3, -0.25) is 0 Å². The Balaban J connectivity index is 2.58. The molecular weight excluding hydrogens is 217 g/mol. The van der Waals surface area contributed by atoms with Crippen LogP contribution < -0.4 is 0 Å². The summed E-state index contributed by atoms with van der Waals surface area (Å²) in [4.78, 5) is 3.92. The highest BCUT2D eigenvalue weighted by Crippen LogP contribution is 2.27. The molecule has 0 atom stereocenters. The third-order valence-corrected chi connectivity index (χ3v) is 2.39. The molecule has 0 saturated heterocycles. The first-order valence-corrected chi connectivity index (χ1v) is 5.00. The Morgan fingerprint density at radius 1 is 1.47 bits per heavy atom. The van der Waals surface area contributed by atoms with Crippen LogP contribution in [0.15, 0.2) is 29.0 Å². The zero-order valence-electron chi connectivity index (χ0n) is 8.13. The van der Waals surface area contributed by atoms with Crippen molar-refractivity contribution in [2.24, 2.45) is 0 Å². The first-order valence-electron chi connectivity index (χ1n) is 4.47. The summed E-state index contributed by atoms with van der Waals surface area (Å²) >= 11 is 5.67. The van der Waals surface area contributed by atoms with E-state index in [0.29, 0.717) is 17.0 Å². The minimum Gasteiger partial charge on any atom is -0.443 e. The van der Waals surface area contributed by atoms with E-state index in [-0.39, 0.29) is 11.7 Å². The second-order valence-electron chi connectivity index (χ2n) is 3.25. The summed E-state index contributed by atoms with van der Waals surface area (Å²) in [7, 11) is 0. The average Bonchev–Trinajstić information content (AvgIpc) is 2.69. The van der Waals surface area contributed by atoms with Crippen molar-refractivity contribution >= 4 is 11.6 Å². The van der Waals surface area contributed by atoms with Crippen molar-refractivity contribution in [2.45, 2.75) is 12.8 Å². The van der Waals surface area contributed by atoms with Gasteiger partial charge < -0.3 is 4.42 Å². The smallest absolute Gasteiger partial charge is 0.181 e. The van der Waals surface area contributed by atoms with Gasteiger partial charge in [-0.2, -0.15) is 0 Å². The van der Waals surface area contributed by atoms with Crippen molar-refractivity contribution in [3.05, 3.63) is 41.7 Å². The highest BCUT2D eigenvalue weighted by molar-refractivity contribution is 6.17. The molecule has 0 fully saturated rings. The van der Waals surface area contributed by atoms with Crippen LogP contribution in [-0.2, 0) is 5.88 Å². The molecule has 1 aromatic heterocycles. The van der Waals surface area contributed by atoms with E-state index < -0.39 is 0 Å². The Labute approximate surface area is 91.7 Å². The molecule has 2 aromatic rings. The molecule has 0 bridgehead atoms. The van der Waals surface area contributed by atoms with Crippen LogP contribution in [0.25, 0.3) is 11.3 Å². The van der Waals surface area contributed by atoms with E-state index in [2.05, 4.69) is 4.98 Å². The normalized spacial score (nSPS) is 10.6. The van der Waals surface area contributed by atoms with E-state index in [9.17, 15) is 4.39 Å². The van der Waals surface area contributed by atoms with Crippen LogP contribution in [0.4, 0.5) is 4.39 Å². The number of halogens is 2. The first-order chi connectivity index (χ1) is 7.22. The Kier molecular flexibility index (Phi) is 2.73. The SMILES string of the molecule is Cc1ccc(F)c(-c2ocnc2CCl)c1. The van der Waals surface area contributed by atoms with Crippen molar-refractivity contribution in [3.8, 4) is 11.3 Å². The predicted molar refractivity (Wildman–Crippen MR) is 56.2 cm³/mol. The van der Waals surface area contributed by atoms with E-state index in [4.69, 9.17) is 16.0 Å². The molecule has 0 saturated carbocycles. The highest BCUT2D eigenvalue weighted by atomic mass is 35.5. The number of rotatable bonds is 2. The number of alkyl halides is 1. The van der Waals surface area contributed by atoms with Gasteiger partial charge in [0.15, 0.2) is 12.2 Å². The van der Waals surface area contributed by atoms with Gasteiger partial charge in [0.05, 0.1) is 11.4 Å². The van der Waals surface area contributed by atoms with Crippen molar-refractivity contribution in [1.82, 2.24) is 4.98 Å². The molecule has 2 rings (SSSR count). The summed E-state index contributed by atoms with van der Waals surface area (Å²) in [5.74, 6) is 0.286. The van der Waals surface area contributed by atoms with Crippen LogP contribution in [0.5, 0.6) is 0 Å². The van der Waals surface area contributed by atoms with Crippen LogP contribution in [0.2, 0.25) is 0 Å². The average molecular weight is 226 g/mol. The lowest BCUT2D eigenvalue weighted by Crippen LogP contribution is -1.88. The van der Waals surface area contributed by atoms with Gasteiger partial charge in [-0.05, 0) is 19.1 Å². The topological polar surface area (TPSA) is 26.0 Å². The molecule has 4 heteroatoms. The molecule has 1 aromatic carbocycles. The number of aromatic nitrogens is 1. The van der Waals surface area contributed by atoms with Crippen molar-refractivity contribution < 1.29 is 8.81 Å². The van der Waals surface area contributed by atoms with Gasteiger partial charge in [-0.25, -0.2) is 9.37 Å². The molecule has 0 amide bonds. The molecule has 0 spiro atoms. The second-order valence-corrected chi connectivity index (χ2v) is 3.51. The number of nitrogens with zero attached hydrogens (tertiary/aromatic N) is 1. The van der Waals surface area contributed by atoms with E-state index in [1.807, 2.05) is 6.92 Å². The lowest BCUT2D eigenvalue weighted by molar-refractivity contribution is 0.560. The van der Waals surface area contributed by atoms with Crippen molar-refractivity contribution in [1.29, 1.82) is 0 Å². The maximum absolute atomic E-state index is 13.5. The lowest BCUT2D eigenvalue weighted by Gasteiger charge is -2.02. The fourth-order valence-electron chi connectivity index (χ4n) is 1.40. The molecule has 2 nitrogen and oxygen atoms in total. The van der Waals surface area contributed by atoms with Crippen LogP contribution in [0.1, 0.15) is 11.3 Å². The lowest BCUT2D eigenvalue weighted by atomic mass is 10.1. The number of benzene rings is 1. The van der Waals surface area contributed by atoms with E-state index >= 15 is 0 Å². The summed E-state index contributed by atoms with van der Waals surface area (Å²) in [5, 5.41) is 0. The fourth-order valence-corrected chi connectivity index (χ4v) is 1.59. The van der Waals surface area contributed by atoms with Gasteiger partial charge in [-0.1, -0.05) is 11.6 Å². The molecule has 78 valence electrons. The third-order valence-electron chi connectivity index (χ3n) is 2.13. The molecule has 0 radical (unpaired) electrons. The highest BCUT2D eigenvalue weighted by Gasteiger charge is 2.13. The molecule has 1 heterocycles. The Hall–Kier alpha value is -1.35. The summed E-state index contributed by atoms with van der Waals surface area (Å²) in [5.41, 5.74) is 1.92. The molecule has 0 N–H and O–H groups in total. The van der Waals surface area contributed by atoms with Gasteiger partial charge in [-0.15, -0.1) is 11.6 Å². The number of hydrogen-bond acceptors (Lipinski definition) is 2. The number of oxazole rings is 1. The molecule has 0 aliphatic carbocycles. The minimum atomic E-state index is -0.330. The molecular formula is C11H9ClFNO. The molecule has 15 heavy (non-hydrogen) atoms. The number of hydrogen-bond donors (Lipinski definition) is 0. The van der Waals surface area contributed by atoms with Crippen LogP contribution >= 0.6 is 11.6 Å². The maximum Gasteiger partial charge on any atom is 0.181 e. The first kappa shape index (κ1) is 10.2. The van der Waals surface area contributed by atoms with Gasteiger partial charge in [0.25, 0.3) is 0 Å². The summed E-state index contributed by atoms with van der Waals surface area (Å²) in [6, 6.07) is 4.83. The van der Waals surface area contributed by atoms with Crippen molar-refractivity contribution in [2.75, 3.05) is 0 Å². The van der Waals surface area contributed by atoms with Gasteiger partial charge in [0.2, 0.25) is 0 Å². The molecule has 0 unspecified atom stereocenters. The predicted octanol–water partition coefficient (Wildman–Crippen LogP) is 3.53. The number of aryl methyl sites for hydroxylation is 1. The zero-order valence-corrected chi connectivity index (χ0v) is 8.88. The van der Waals surface area contributed by atoms with Crippen LogP contribution in [0, 0.1) is 12.7 Å². The quantitative estimate of drug-likeness (QED) is 0.731.